The highest BCUT2D eigenvalue weighted by molar-refractivity contribution is 7.26. The summed E-state index contributed by atoms with van der Waals surface area (Å²) in [5.41, 5.74) is 6.60. The molecule has 0 atom stereocenters. The number of hydrogen-bond donors (Lipinski definition) is 0. The van der Waals surface area contributed by atoms with Gasteiger partial charge in [-0.05, 0) is 52.5 Å². The summed E-state index contributed by atoms with van der Waals surface area (Å²) in [6.45, 7) is 0. The summed E-state index contributed by atoms with van der Waals surface area (Å²) in [5, 5.41) is 0.983. The highest BCUT2D eigenvalue weighted by Crippen LogP contribution is 2.41. The largest absolute Gasteiger partial charge is 0.308 e. The van der Waals surface area contributed by atoms with E-state index >= 15 is 0 Å². The van der Waals surface area contributed by atoms with Crippen LogP contribution in [0, 0.1) is 0 Å². The number of benzene rings is 7. The van der Waals surface area contributed by atoms with Crippen LogP contribution in [-0.2, 0) is 0 Å². The molecule has 4 aromatic heterocycles. The normalized spacial score (nSPS) is 13.6. The van der Waals surface area contributed by atoms with E-state index < -0.39 is 48.3 Å². The molecule has 262 valence electrons. The molecule has 7 heteroatoms. The summed E-state index contributed by atoms with van der Waals surface area (Å²) in [6, 6.07) is 35.1. The van der Waals surface area contributed by atoms with Gasteiger partial charge in [0.2, 0.25) is 0 Å². The highest BCUT2D eigenvalue weighted by atomic mass is 32.1. The van der Waals surface area contributed by atoms with Crippen molar-refractivity contribution in [2.75, 3.05) is 0 Å². The van der Waals surface area contributed by atoms with Gasteiger partial charge in [0.1, 0.15) is 6.33 Å². The summed E-state index contributed by atoms with van der Waals surface area (Å²) in [6.07, 6.45) is 3.39. The van der Waals surface area contributed by atoms with Gasteiger partial charge in [0, 0.05) is 43.7 Å². The van der Waals surface area contributed by atoms with E-state index in [0.717, 1.165) is 48.1 Å². The van der Waals surface area contributed by atoms with Crippen molar-refractivity contribution in [2.45, 2.75) is 0 Å². The van der Waals surface area contributed by atoms with Crippen LogP contribution in [0.5, 0.6) is 0 Å². The second kappa shape index (κ2) is 13.2. The first-order valence-electron chi connectivity index (χ1n) is 21.8. The van der Waals surface area contributed by atoms with Crippen LogP contribution in [0.3, 0.4) is 0 Å². The minimum atomic E-state index is -0.517. The summed E-state index contributed by atoms with van der Waals surface area (Å²) >= 11 is 1.63. The predicted octanol–water partition coefficient (Wildman–Crippen LogP) is 12.5. The van der Waals surface area contributed by atoms with E-state index in [1.165, 1.54) is 4.57 Å². The van der Waals surface area contributed by atoms with Gasteiger partial charge in [0.15, 0.2) is 17.5 Å². The maximum atomic E-state index is 9.28. The molecule has 7 aromatic carbocycles. The molecule has 0 N–H and O–H groups in total. The van der Waals surface area contributed by atoms with E-state index in [1.54, 1.807) is 17.7 Å². The third-order valence-corrected chi connectivity index (χ3v) is 11.0. The van der Waals surface area contributed by atoms with Gasteiger partial charge in [-0.2, -0.15) is 0 Å². The number of fused-ring (bicyclic) bond motifs is 6. The van der Waals surface area contributed by atoms with E-state index in [0.29, 0.717) is 28.5 Å². The molecule has 0 spiro atoms. The first-order valence-corrected chi connectivity index (χ1v) is 18.6. The predicted molar refractivity (Wildman–Crippen MR) is 230 cm³/mol. The number of aromatic nitrogens is 6. The fraction of sp³-hybridized carbons (Fsp3) is 0. The number of nitrogens with zero attached hydrogens (tertiary/aromatic N) is 6. The van der Waals surface area contributed by atoms with Crippen LogP contribution in [0.1, 0.15) is 11.0 Å². The SMILES string of the molecule is [2H]c1c([2H])c([2H])c2c(c1[2H])c1c([2H])c([2H])c([2H])c([2H])c1n2-c1cc(-c2ccccc2)ccc1-c1nc(-c2ccccc2)nc(-c2cccc(-c3cccc4c3sc3cncnc34)c2)n1. The summed E-state index contributed by atoms with van der Waals surface area (Å²) in [4.78, 5) is 24.1. The number of thiophene rings is 1. The lowest BCUT2D eigenvalue weighted by molar-refractivity contribution is 1.06. The van der Waals surface area contributed by atoms with Crippen molar-refractivity contribution >= 4 is 53.4 Å². The third kappa shape index (κ3) is 5.36. The van der Waals surface area contributed by atoms with Crippen LogP contribution in [-0.4, -0.2) is 29.5 Å². The average molecular weight is 743 g/mol. The zero-order valence-corrected chi connectivity index (χ0v) is 30.1. The van der Waals surface area contributed by atoms with Crippen LogP contribution >= 0.6 is 11.3 Å². The fourth-order valence-electron chi connectivity index (χ4n) is 7.31. The molecule has 0 aliphatic heterocycles. The monoisotopic (exact) mass is 742 g/mol. The van der Waals surface area contributed by atoms with Crippen LogP contribution in [0.2, 0.25) is 0 Å². The lowest BCUT2D eigenvalue weighted by Gasteiger charge is -2.16. The molecule has 56 heavy (non-hydrogen) atoms. The highest BCUT2D eigenvalue weighted by Gasteiger charge is 2.21. The van der Waals surface area contributed by atoms with Crippen molar-refractivity contribution in [3.63, 3.8) is 0 Å². The smallest absolute Gasteiger partial charge is 0.166 e. The molecule has 0 unspecified atom stereocenters. The van der Waals surface area contributed by atoms with E-state index in [1.807, 2.05) is 115 Å². The molecule has 0 bridgehead atoms. The fourth-order valence-corrected chi connectivity index (χ4v) is 8.47. The number of hydrogen-bond acceptors (Lipinski definition) is 6. The zero-order valence-electron chi connectivity index (χ0n) is 37.3. The van der Waals surface area contributed by atoms with Gasteiger partial charge in [-0.1, -0.05) is 139 Å². The lowest BCUT2D eigenvalue weighted by Crippen LogP contribution is -2.04. The van der Waals surface area contributed by atoms with Crippen molar-refractivity contribution < 1.29 is 11.0 Å². The average Bonchev–Trinajstić information content (AvgIpc) is 3.91. The van der Waals surface area contributed by atoms with E-state index in [4.69, 9.17) is 23.2 Å². The minimum Gasteiger partial charge on any atom is -0.308 e. The Kier molecular flexibility index (Phi) is 5.86. The Morgan fingerprint density at radius 2 is 1.14 bits per heavy atom. The molecule has 0 aliphatic rings. The molecule has 6 nitrogen and oxygen atoms in total. The quantitative estimate of drug-likeness (QED) is 0.170. The lowest BCUT2D eigenvalue weighted by atomic mass is 10.0. The molecular formula is C49H30N6S. The van der Waals surface area contributed by atoms with Crippen molar-refractivity contribution in [3.05, 3.63) is 182 Å². The molecule has 0 aliphatic carbocycles. The summed E-state index contributed by atoms with van der Waals surface area (Å²) in [7, 11) is 0. The Morgan fingerprint density at radius 3 is 1.91 bits per heavy atom. The molecule has 0 radical (unpaired) electrons. The maximum Gasteiger partial charge on any atom is 0.166 e. The zero-order chi connectivity index (χ0) is 44.0. The van der Waals surface area contributed by atoms with Crippen LogP contribution in [0.15, 0.2) is 182 Å². The molecule has 4 heterocycles. The van der Waals surface area contributed by atoms with Crippen LogP contribution in [0.4, 0.5) is 0 Å². The Hall–Kier alpha value is -7.35. The van der Waals surface area contributed by atoms with Crippen molar-refractivity contribution in [1.29, 1.82) is 0 Å². The molecule has 0 saturated heterocycles. The second-order valence-corrected chi connectivity index (χ2v) is 14.2. The second-order valence-electron chi connectivity index (χ2n) is 13.2. The van der Waals surface area contributed by atoms with Gasteiger partial charge in [-0.25, -0.2) is 24.9 Å². The maximum absolute atomic E-state index is 9.28. The van der Waals surface area contributed by atoms with Gasteiger partial charge in [0.25, 0.3) is 0 Å². The first kappa shape index (κ1) is 24.9. The molecular weight excluding hydrogens is 705 g/mol. The number of para-hydroxylation sites is 2. The standard InChI is InChI=1S/C49H30N6S/c1-3-13-31(14-4-1)33-25-26-39(43(28-33)55-41-23-9-7-19-37(41)38-20-8-10-24-42(38)55)49-53-47(32-15-5-2-6-16-32)52-48(54-49)35-18-11-17-34(27-35)36-21-12-22-40-45-44(56-46(36)40)29-50-30-51-45/h1-30H/i7D,8D,9D,10D,19D,20D,23D,24D. The van der Waals surface area contributed by atoms with Crippen LogP contribution < -0.4 is 0 Å². The summed E-state index contributed by atoms with van der Waals surface area (Å²) in [5.74, 6) is 0.968. The van der Waals surface area contributed by atoms with Crippen molar-refractivity contribution in [3.8, 4) is 62.1 Å². The van der Waals surface area contributed by atoms with Gasteiger partial charge in [-0.15, -0.1) is 11.3 Å². The molecule has 0 amide bonds. The number of rotatable bonds is 6. The van der Waals surface area contributed by atoms with Crippen LogP contribution in [0.25, 0.3) is 104 Å². The van der Waals surface area contributed by atoms with E-state index in [2.05, 4.69) is 22.1 Å². The molecule has 0 fully saturated rings. The molecule has 11 aromatic rings. The Bertz CT molecular complexity index is 3650. The Morgan fingerprint density at radius 1 is 0.500 bits per heavy atom. The van der Waals surface area contributed by atoms with Crippen molar-refractivity contribution in [1.82, 2.24) is 29.5 Å². The topological polar surface area (TPSA) is 69.4 Å². The Labute approximate surface area is 337 Å². The van der Waals surface area contributed by atoms with E-state index in [9.17, 15) is 2.74 Å². The summed E-state index contributed by atoms with van der Waals surface area (Å²) < 4.78 is 75.1. The Balaban J connectivity index is 1.21. The minimum absolute atomic E-state index is 0.00822. The van der Waals surface area contributed by atoms with Gasteiger partial charge < -0.3 is 4.57 Å². The van der Waals surface area contributed by atoms with E-state index in [-0.39, 0.29) is 27.6 Å². The molecule has 11 rings (SSSR count). The first-order chi connectivity index (χ1) is 31.1. The third-order valence-electron chi connectivity index (χ3n) is 9.88. The van der Waals surface area contributed by atoms with Gasteiger partial charge in [0.05, 0.1) is 37.9 Å². The van der Waals surface area contributed by atoms with Gasteiger partial charge >= 0.3 is 0 Å². The van der Waals surface area contributed by atoms with Gasteiger partial charge in [-0.3, -0.25) is 0 Å². The molecule has 0 saturated carbocycles. The van der Waals surface area contributed by atoms with Crippen molar-refractivity contribution in [2.24, 2.45) is 0 Å².